The fraction of sp³-hybridized carbons (Fsp3) is 0.484. The van der Waals surface area contributed by atoms with E-state index >= 15 is 0 Å². The van der Waals surface area contributed by atoms with Crippen molar-refractivity contribution in [3.05, 3.63) is 65.4 Å². The molecule has 2 saturated heterocycles. The molecule has 12 heteroatoms. The van der Waals surface area contributed by atoms with Crippen molar-refractivity contribution in [1.29, 1.82) is 0 Å². The standard InChI is InChI=1S/C31H32F6N4OS/c1-4-17-15-29-8-10-41(29)28(2,16-24(17)29)26(22-7-9-38-25-6-5-21(42-3)14-23(22)25)40-27(43)39-20-12-18(30(32,33)34)11-19(13-20)31(35,36)37/h5-7,9,11-14,17,24,26H,4,8,10,15-16H2,1-3H3,(H2,39,40,43)/t17?,24?,26-,28-,29?/m0/s1. The molecule has 6 rings (SSSR count). The first-order valence-corrected chi connectivity index (χ1v) is 14.7. The number of rotatable bonds is 6. The Bertz CT molecular complexity index is 1550. The van der Waals surface area contributed by atoms with Gasteiger partial charge in [-0.1, -0.05) is 13.3 Å². The summed E-state index contributed by atoms with van der Waals surface area (Å²) in [5.41, 5.74) is -1.96. The van der Waals surface area contributed by atoms with Gasteiger partial charge in [-0.2, -0.15) is 26.3 Å². The van der Waals surface area contributed by atoms with E-state index in [0.29, 0.717) is 29.7 Å². The van der Waals surface area contributed by atoms with E-state index in [-0.39, 0.29) is 16.7 Å². The topological polar surface area (TPSA) is 49.4 Å². The minimum Gasteiger partial charge on any atom is -0.497 e. The molecule has 1 saturated carbocycles. The van der Waals surface area contributed by atoms with Gasteiger partial charge in [-0.15, -0.1) is 0 Å². The maximum Gasteiger partial charge on any atom is 0.416 e. The van der Waals surface area contributed by atoms with Gasteiger partial charge >= 0.3 is 12.4 Å². The van der Waals surface area contributed by atoms with Crippen molar-refractivity contribution < 1.29 is 31.1 Å². The predicted molar refractivity (Wildman–Crippen MR) is 156 cm³/mol. The van der Waals surface area contributed by atoms with Crippen molar-refractivity contribution in [3.8, 4) is 5.75 Å². The molecule has 5 atom stereocenters. The molecule has 3 unspecified atom stereocenters. The Morgan fingerprint density at radius 3 is 2.35 bits per heavy atom. The van der Waals surface area contributed by atoms with Crippen LogP contribution in [0.25, 0.3) is 10.9 Å². The van der Waals surface area contributed by atoms with Crippen LogP contribution in [0, 0.1) is 11.8 Å². The lowest BCUT2D eigenvalue weighted by Crippen LogP contribution is -2.71. The number of halogens is 6. The Labute approximate surface area is 251 Å². The average molecular weight is 623 g/mol. The van der Waals surface area contributed by atoms with Crippen molar-refractivity contribution in [2.45, 2.75) is 69.0 Å². The molecule has 5 nitrogen and oxygen atoms in total. The summed E-state index contributed by atoms with van der Waals surface area (Å²) in [4.78, 5) is 7.05. The molecule has 3 aromatic rings. The number of alkyl halides is 6. The second kappa shape index (κ2) is 10.2. The summed E-state index contributed by atoms with van der Waals surface area (Å²) in [5.74, 6) is 1.74. The zero-order valence-electron chi connectivity index (χ0n) is 23.9. The first-order chi connectivity index (χ1) is 20.2. The highest BCUT2D eigenvalue weighted by Crippen LogP contribution is 2.68. The van der Waals surface area contributed by atoms with Crippen LogP contribution in [0.1, 0.15) is 62.3 Å². The number of pyridine rings is 1. The zero-order chi connectivity index (χ0) is 30.9. The van der Waals surface area contributed by atoms with Crippen molar-refractivity contribution in [2.24, 2.45) is 11.8 Å². The number of aromatic nitrogens is 1. The number of fused-ring (bicyclic) bond motifs is 1. The summed E-state index contributed by atoms with van der Waals surface area (Å²) in [6.45, 7) is 5.28. The van der Waals surface area contributed by atoms with Gasteiger partial charge in [0.05, 0.1) is 29.8 Å². The van der Waals surface area contributed by atoms with Crippen LogP contribution in [-0.2, 0) is 12.4 Å². The first-order valence-electron chi connectivity index (χ1n) is 14.3. The van der Waals surface area contributed by atoms with Gasteiger partial charge < -0.3 is 15.4 Å². The van der Waals surface area contributed by atoms with Crippen molar-refractivity contribution in [1.82, 2.24) is 15.2 Å². The van der Waals surface area contributed by atoms with Gasteiger partial charge in [0.1, 0.15) is 5.75 Å². The monoisotopic (exact) mass is 622 g/mol. The number of hydrogen-bond acceptors (Lipinski definition) is 4. The number of nitrogens with zero attached hydrogens (tertiary/aromatic N) is 2. The third kappa shape index (κ3) is 4.90. The normalized spacial score (nSPS) is 27.5. The Hall–Kier alpha value is -3.12. The third-order valence-electron chi connectivity index (χ3n) is 9.99. The van der Waals surface area contributed by atoms with Crippen LogP contribution in [0.3, 0.4) is 0 Å². The van der Waals surface area contributed by atoms with Crippen molar-refractivity contribution in [3.63, 3.8) is 0 Å². The van der Waals surface area contributed by atoms with E-state index in [2.05, 4.69) is 34.4 Å². The lowest BCUT2D eigenvalue weighted by Gasteiger charge is -2.64. The SMILES string of the molecule is CCC1CC23CCN2[C@](C)([C@@H](NC(=S)Nc2cc(C(F)(F)F)cc(C(F)(F)F)c2)c2ccnc4ccc(OC)cc24)CC13. The molecule has 3 aliphatic rings. The molecule has 2 N–H and O–H groups in total. The van der Waals surface area contributed by atoms with Crippen LogP contribution in [0.15, 0.2) is 48.7 Å². The summed E-state index contributed by atoms with van der Waals surface area (Å²) >= 11 is 5.60. The minimum absolute atomic E-state index is 0.0765. The molecule has 3 fully saturated rings. The van der Waals surface area contributed by atoms with Gasteiger partial charge in [-0.25, -0.2) is 0 Å². The second-order valence-corrected chi connectivity index (χ2v) is 12.6. The molecule has 0 radical (unpaired) electrons. The molecule has 43 heavy (non-hydrogen) atoms. The predicted octanol–water partition coefficient (Wildman–Crippen LogP) is 7.96. The maximum atomic E-state index is 13.5. The average Bonchev–Trinajstić information content (AvgIpc) is 3.04. The molecular formula is C31H32F6N4OS. The van der Waals surface area contributed by atoms with E-state index in [1.54, 1.807) is 13.3 Å². The van der Waals surface area contributed by atoms with Crippen LogP contribution in [0.5, 0.6) is 5.75 Å². The smallest absolute Gasteiger partial charge is 0.416 e. The highest BCUT2D eigenvalue weighted by atomic mass is 32.1. The summed E-state index contributed by atoms with van der Waals surface area (Å²) < 4.78 is 86.7. The zero-order valence-corrected chi connectivity index (χ0v) is 24.7. The van der Waals surface area contributed by atoms with Crippen LogP contribution < -0.4 is 15.4 Å². The number of hydrogen-bond donors (Lipinski definition) is 2. The Morgan fingerprint density at radius 2 is 1.77 bits per heavy atom. The molecule has 0 bridgehead atoms. The summed E-state index contributed by atoms with van der Waals surface area (Å²) in [6.07, 6.45) is -4.05. The first kappa shape index (κ1) is 29.9. The minimum atomic E-state index is -4.97. The molecule has 2 aliphatic heterocycles. The molecule has 1 aromatic heterocycles. The van der Waals surface area contributed by atoms with Crippen LogP contribution in [-0.4, -0.2) is 39.7 Å². The van der Waals surface area contributed by atoms with E-state index in [4.69, 9.17) is 17.0 Å². The maximum absolute atomic E-state index is 13.5. The summed E-state index contributed by atoms with van der Waals surface area (Å²) in [7, 11) is 1.57. The molecule has 230 valence electrons. The highest BCUT2D eigenvalue weighted by molar-refractivity contribution is 7.80. The number of thiocarbonyl (C=S) groups is 1. The summed E-state index contributed by atoms with van der Waals surface area (Å²) in [5, 5.41) is 6.73. The van der Waals surface area contributed by atoms with Gasteiger partial charge in [0.15, 0.2) is 5.11 Å². The van der Waals surface area contributed by atoms with E-state index in [0.717, 1.165) is 48.7 Å². The van der Waals surface area contributed by atoms with Crippen LogP contribution in [0.4, 0.5) is 32.0 Å². The van der Waals surface area contributed by atoms with Crippen LogP contribution >= 0.6 is 12.2 Å². The number of nitrogens with one attached hydrogen (secondary N) is 2. The van der Waals surface area contributed by atoms with Gasteiger partial charge in [-0.05, 0) is 98.3 Å². The molecule has 1 aliphatic carbocycles. The van der Waals surface area contributed by atoms with E-state index in [9.17, 15) is 26.3 Å². The van der Waals surface area contributed by atoms with E-state index < -0.39 is 40.7 Å². The third-order valence-corrected chi connectivity index (χ3v) is 10.2. The van der Waals surface area contributed by atoms with E-state index in [1.807, 2.05) is 24.3 Å². The fourth-order valence-corrected chi connectivity index (χ4v) is 8.17. The molecule has 0 amide bonds. The van der Waals surface area contributed by atoms with Gasteiger partial charge in [0.25, 0.3) is 0 Å². The second-order valence-electron chi connectivity index (χ2n) is 12.2. The number of ether oxygens (including phenoxy) is 1. The molecular weight excluding hydrogens is 590 g/mol. The summed E-state index contributed by atoms with van der Waals surface area (Å²) in [6, 6.07) is 8.36. The molecule has 1 spiro atoms. The van der Waals surface area contributed by atoms with Crippen molar-refractivity contribution >= 4 is 33.9 Å². The Morgan fingerprint density at radius 1 is 1.07 bits per heavy atom. The van der Waals surface area contributed by atoms with Crippen LogP contribution in [0.2, 0.25) is 0 Å². The number of anilines is 1. The number of methoxy groups -OCH3 is 1. The Balaban J connectivity index is 1.40. The van der Waals surface area contributed by atoms with Gasteiger partial charge in [0.2, 0.25) is 0 Å². The highest BCUT2D eigenvalue weighted by Gasteiger charge is 2.71. The Kier molecular flexibility index (Phi) is 7.11. The van der Waals surface area contributed by atoms with Gasteiger partial charge in [-0.3, -0.25) is 9.88 Å². The largest absolute Gasteiger partial charge is 0.497 e. The van der Waals surface area contributed by atoms with Gasteiger partial charge in [0, 0.05) is 34.9 Å². The number of benzene rings is 2. The van der Waals surface area contributed by atoms with E-state index in [1.165, 1.54) is 0 Å². The lowest BCUT2D eigenvalue weighted by molar-refractivity contribution is -0.143. The van der Waals surface area contributed by atoms with Crippen molar-refractivity contribution in [2.75, 3.05) is 19.0 Å². The fourth-order valence-electron chi connectivity index (χ4n) is 7.93. The quantitative estimate of drug-likeness (QED) is 0.215. The molecule has 2 aromatic carbocycles. The molecule has 3 heterocycles. The lowest BCUT2D eigenvalue weighted by atomic mass is 9.55.